The number of aryl methyl sites for hydroxylation is 4. The molecule has 0 fully saturated rings. The first-order valence-electron chi connectivity index (χ1n) is 9.07. The molecule has 0 aliphatic rings. The van der Waals surface area contributed by atoms with Crippen molar-refractivity contribution in [1.29, 1.82) is 0 Å². The lowest BCUT2D eigenvalue weighted by Crippen LogP contribution is -2.16. The van der Waals surface area contributed by atoms with Crippen molar-refractivity contribution < 1.29 is 13.2 Å². The van der Waals surface area contributed by atoms with Crippen LogP contribution in [0.1, 0.15) is 23.5 Å². The lowest BCUT2D eigenvalue weighted by atomic mass is 10.3. The molecular weight excluding hydrogens is 428 g/mol. The molecule has 0 bridgehead atoms. The molecule has 1 aromatic carbocycles. The molecule has 30 heavy (non-hydrogen) atoms. The van der Waals surface area contributed by atoms with Gasteiger partial charge in [-0.3, -0.25) is 9.48 Å². The zero-order chi connectivity index (χ0) is 21.9. The average molecular weight is 449 g/mol. The summed E-state index contributed by atoms with van der Waals surface area (Å²) in [4.78, 5) is 20.3. The zero-order valence-corrected chi connectivity index (χ0v) is 18.3. The molecule has 0 saturated heterocycles. The molecule has 9 nitrogen and oxygen atoms in total. The van der Waals surface area contributed by atoms with E-state index in [2.05, 4.69) is 25.1 Å². The monoisotopic (exact) mass is 448 g/mol. The molecule has 0 aliphatic heterocycles. The molecule has 158 valence electrons. The summed E-state index contributed by atoms with van der Waals surface area (Å²) in [6.07, 6.45) is 1.86. The first-order valence-corrected chi connectivity index (χ1v) is 10.9. The minimum Gasteiger partial charge on any atom is -0.326 e. The molecule has 0 unspecified atom stereocenters. The Labute approximate surface area is 179 Å². The van der Waals surface area contributed by atoms with Gasteiger partial charge in [-0.25, -0.2) is 23.1 Å². The van der Waals surface area contributed by atoms with Crippen LogP contribution in [0, 0.1) is 20.8 Å². The second-order valence-corrected chi connectivity index (χ2v) is 8.82. The largest absolute Gasteiger partial charge is 0.326 e. The highest BCUT2D eigenvalue weighted by Gasteiger charge is 2.16. The Kier molecular flexibility index (Phi) is 6.37. The Morgan fingerprint density at radius 1 is 1.10 bits per heavy atom. The van der Waals surface area contributed by atoms with Gasteiger partial charge in [0.25, 0.3) is 10.0 Å². The molecule has 1 amide bonds. The first-order chi connectivity index (χ1) is 14.1. The van der Waals surface area contributed by atoms with Crippen LogP contribution >= 0.6 is 11.6 Å². The number of sulfonamides is 1. The van der Waals surface area contributed by atoms with Gasteiger partial charge >= 0.3 is 0 Å². The molecule has 0 radical (unpaired) electrons. The van der Waals surface area contributed by atoms with Gasteiger partial charge in [-0.15, -0.1) is 0 Å². The second-order valence-electron chi connectivity index (χ2n) is 6.73. The second kappa shape index (κ2) is 8.80. The predicted molar refractivity (Wildman–Crippen MR) is 114 cm³/mol. The van der Waals surface area contributed by atoms with E-state index in [1.807, 2.05) is 0 Å². The third-order valence-corrected chi connectivity index (χ3v) is 5.83. The normalized spacial score (nSPS) is 11.3. The maximum absolute atomic E-state index is 12.5. The number of carbonyl (C=O) groups excluding carboxylic acids is 1. The van der Waals surface area contributed by atoms with Crippen molar-refractivity contribution >= 4 is 39.2 Å². The minimum absolute atomic E-state index is 0.0128. The van der Waals surface area contributed by atoms with Crippen LogP contribution in [0.2, 0.25) is 5.02 Å². The molecule has 3 rings (SSSR count). The fraction of sp³-hybridized carbons (Fsp3) is 0.263. The van der Waals surface area contributed by atoms with Crippen LogP contribution in [0.25, 0.3) is 0 Å². The van der Waals surface area contributed by atoms with E-state index in [1.165, 1.54) is 24.3 Å². The molecular formula is C19H21ClN6O3S. The van der Waals surface area contributed by atoms with Crippen LogP contribution in [0.15, 0.2) is 41.4 Å². The van der Waals surface area contributed by atoms with E-state index in [1.54, 1.807) is 37.7 Å². The molecule has 2 N–H and O–H groups in total. The minimum atomic E-state index is -3.85. The zero-order valence-electron chi connectivity index (χ0n) is 16.7. The van der Waals surface area contributed by atoms with Gasteiger partial charge in [0.15, 0.2) is 0 Å². The standard InChI is InChI=1S/C19H21ClN6O3S/c1-12-10-13(2)22-19(21-12)25-30(28,29)16-6-4-15(5-7-16)23-18(27)8-9-26-11-17(20)14(3)24-26/h4-7,10-11H,8-9H2,1-3H3,(H,23,27)(H,21,22,25). The van der Waals surface area contributed by atoms with Gasteiger partial charge in [-0.05, 0) is 51.1 Å². The Balaban J connectivity index is 1.61. The predicted octanol–water partition coefficient (Wildman–Crippen LogP) is 3.08. The van der Waals surface area contributed by atoms with Crippen LogP contribution in [0.3, 0.4) is 0 Å². The Hall–Kier alpha value is -2.98. The van der Waals surface area contributed by atoms with E-state index < -0.39 is 10.0 Å². The van der Waals surface area contributed by atoms with Crippen molar-refractivity contribution in [1.82, 2.24) is 19.7 Å². The molecule has 0 atom stereocenters. The third kappa shape index (κ3) is 5.55. The molecule has 0 aliphatic carbocycles. The van der Waals surface area contributed by atoms with Gasteiger partial charge in [0.2, 0.25) is 11.9 Å². The molecule has 2 aromatic heterocycles. The van der Waals surface area contributed by atoms with E-state index in [9.17, 15) is 13.2 Å². The number of hydrogen-bond acceptors (Lipinski definition) is 6. The summed E-state index contributed by atoms with van der Waals surface area (Å²) in [5.74, 6) is -0.213. The number of halogens is 1. The highest BCUT2D eigenvalue weighted by atomic mass is 35.5. The van der Waals surface area contributed by atoms with Crippen molar-refractivity contribution in [2.75, 3.05) is 10.0 Å². The molecule has 2 heterocycles. The van der Waals surface area contributed by atoms with E-state index >= 15 is 0 Å². The Morgan fingerprint density at radius 3 is 2.30 bits per heavy atom. The van der Waals surface area contributed by atoms with Gasteiger partial charge < -0.3 is 5.32 Å². The third-order valence-electron chi connectivity index (χ3n) is 4.11. The highest BCUT2D eigenvalue weighted by Crippen LogP contribution is 2.17. The fourth-order valence-electron chi connectivity index (χ4n) is 2.72. The van der Waals surface area contributed by atoms with Crippen LogP contribution in [0.4, 0.5) is 11.6 Å². The number of carbonyl (C=O) groups is 1. The summed E-state index contributed by atoms with van der Waals surface area (Å²) >= 11 is 5.95. The van der Waals surface area contributed by atoms with Crippen LogP contribution < -0.4 is 10.0 Å². The smallest absolute Gasteiger partial charge is 0.264 e. The van der Waals surface area contributed by atoms with E-state index in [-0.39, 0.29) is 23.2 Å². The van der Waals surface area contributed by atoms with Crippen molar-refractivity contribution in [3.05, 3.63) is 58.6 Å². The summed E-state index contributed by atoms with van der Waals surface area (Å²) in [5.41, 5.74) is 2.50. The van der Waals surface area contributed by atoms with E-state index in [0.29, 0.717) is 34.3 Å². The lowest BCUT2D eigenvalue weighted by Gasteiger charge is -2.09. The topological polar surface area (TPSA) is 119 Å². The fourth-order valence-corrected chi connectivity index (χ4v) is 3.81. The number of nitrogens with zero attached hydrogens (tertiary/aromatic N) is 4. The van der Waals surface area contributed by atoms with Gasteiger partial charge in [0, 0.05) is 36.2 Å². The SMILES string of the molecule is Cc1cc(C)nc(NS(=O)(=O)c2ccc(NC(=O)CCn3cc(Cl)c(C)n3)cc2)n1. The highest BCUT2D eigenvalue weighted by molar-refractivity contribution is 7.92. The summed E-state index contributed by atoms with van der Waals surface area (Å²) in [6.45, 7) is 5.68. The number of nitrogens with one attached hydrogen (secondary N) is 2. The van der Waals surface area contributed by atoms with Crippen LogP contribution in [-0.4, -0.2) is 34.1 Å². The Morgan fingerprint density at radius 2 is 1.73 bits per heavy atom. The lowest BCUT2D eigenvalue weighted by molar-refractivity contribution is -0.116. The molecule has 11 heteroatoms. The quantitative estimate of drug-likeness (QED) is 0.573. The van der Waals surface area contributed by atoms with Crippen molar-refractivity contribution in [2.45, 2.75) is 38.6 Å². The molecule has 3 aromatic rings. The van der Waals surface area contributed by atoms with Gasteiger partial charge in [-0.1, -0.05) is 11.6 Å². The number of aromatic nitrogens is 4. The van der Waals surface area contributed by atoms with Crippen molar-refractivity contribution in [3.63, 3.8) is 0 Å². The van der Waals surface area contributed by atoms with Gasteiger partial charge in [0.05, 0.1) is 15.6 Å². The van der Waals surface area contributed by atoms with E-state index in [4.69, 9.17) is 11.6 Å². The number of hydrogen-bond donors (Lipinski definition) is 2. The molecule has 0 saturated carbocycles. The summed E-state index contributed by atoms with van der Waals surface area (Å²) in [6, 6.07) is 7.58. The van der Waals surface area contributed by atoms with Crippen molar-refractivity contribution in [2.24, 2.45) is 0 Å². The molecule has 0 spiro atoms. The van der Waals surface area contributed by atoms with E-state index in [0.717, 1.165) is 0 Å². The van der Waals surface area contributed by atoms with Crippen molar-refractivity contribution in [3.8, 4) is 0 Å². The average Bonchev–Trinajstić information content (AvgIpc) is 2.97. The number of rotatable bonds is 7. The number of amides is 1. The van der Waals surface area contributed by atoms with Gasteiger partial charge in [0.1, 0.15) is 0 Å². The first kappa shape index (κ1) is 21.7. The van der Waals surface area contributed by atoms with Gasteiger partial charge in [-0.2, -0.15) is 5.10 Å². The summed E-state index contributed by atoms with van der Waals surface area (Å²) in [5, 5.41) is 7.47. The summed E-state index contributed by atoms with van der Waals surface area (Å²) in [7, 11) is -3.85. The maximum Gasteiger partial charge on any atom is 0.264 e. The van der Waals surface area contributed by atoms with Crippen LogP contribution in [-0.2, 0) is 21.4 Å². The Bertz CT molecular complexity index is 1140. The number of benzene rings is 1. The maximum atomic E-state index is 12.5. The summed E-state index contributed by atoms with van der Waals surface area (Å²) < 4.78 is 29.1. The van der Waals surface area contributed by atoms with Crippen LogP contribution in [0.5, 0.6) is 0 Å². The number of anilines is 2.